The fraction of sp³-hybridized carbons (Fsp3) is 0.250. The molecule has 32 heavy (non-hydrogen) atoms. The average molecular weight is 467 g/mol. The maximum atomic E-state index is 10.0. The molecule has 6 nitrogen and oxygen atoms in total. The largest absolute Gasteiger partial charge is 0.508 e. The summed E-state index contributed by atoms with van der Waals surface area (Å²) in [7, 11) is 0. The van der Waals surface area contributed by atoms with Crippen molar-refractivity contribution in [3.8, 4) is 11.5 Å². The van der Waals surface area contributed by atoms with Crippen molar-refractivity contribution in [3.05, 3.63) is 80.8 Å². The van der Waals surface area contributed by atoms with Gasteiger partial charge >= 0.3 is 0 Å². The molecular formula is C24H26N4O2S2. The highest BCUT2D eigenvalue weighted by Gasteiger charge is 2.08. The second-order valence-electron chi connectivity index (χ2n) is 7.73. The van der Waals surface area contributed by atoms with Crippen LogP contribution in [0.25, 0.3) is 0 Å². The van der Waals surface area contributed by atoms with Crippen LogP contribution in [0.3, 0.4) is 0 Å². The first kappa shape index (κ1) is 22.1. The second-order valence-corrected chi connectivity index (χ2v) is 9.97. The topological polar surface area (TPSA) is 90.3 Å². The van der Waals surface area contributed by atoms with Crippen LogP contribution in [0.2, 0.25) is 0 Å². The predicted molar refractivity (Wildman–Crippen MR) is 133 cm³/mol. The minimum absolute atomic E-state index is 0.322. The fourth-order valence-electron chi connectivity index (χ4n) is 3.37. The first-order valence-electron chi connectivity index (χ1n) is 10.4. The minimum Gasteiger partial charge on any atom is -0.508 e. The molecule has 0 saturated heterocycles. The number of hydrogen-bond acceptors (Lipinski definition) is 8. The average Bonchev–Trinajstić information content (AvgIpc) is 3.40. The Morgan fingerprint density at radius 2 is 1.16 bits per heavy atom. The molecule has 4 aromatic rings. The number of phenolic OH excluding ortho intramolecular Hbond substituents is 2. The zero-order chi connectivity index (χ0) is 22.5. The van der Waals surface area contributed by atoms with Gasteiger partial charge in [-0.15, -0.1) is 22.7 Å². The maximum Gasteiger partial charge on any atom is 0.182 e. The van der Waals surface area contributed by atoms with Crippen molar-refractivity contribution in [3.63, 3.8) is 0 Å². The Morgan fingerprint density at radius 1 is 0.719 bits per heavy atom. The van der Waals surface area contributed by atoms with E-state index >= 15 is 0 Å². The van der Waals surface area contributed by atoms with Crippen LogP contribution in [-0.2, 0) is 12.8 Å². The Hall–Kier alpha value is -3.10. The van der Waals surface area contributed by atoms with Crippen LogP contribution < -0.4 is 10.6 Å². The number of aryl methyl sites for hydroxylation is 2. The SMILES string of the molecule is Cc1ccc(O)c(Cc2cnc(NCCNc3ncc(Cc4cc(C)ccc4O)s3)s2)c1. The summed E-state index contributed by atoms with van der Waals surface area (Å²) < 4.78 is 0. The van der Waals surface area contributed by atoms with Crippen LogP contribution in [-0.4, -0.2) is 33.3 Å². The van der Waals surface area contributed by atoms with E-state index in [-0.39, 0.29) is 0 Å². The van der Waals surface area contributed by atoms with E-state index in [0.717, 1.165) is 55.4 Å². The minimum atomic E-state index is 0.322. The third kappa shape index (κ3) is 5.77. The van der Waals surface area contributed by atoms with Crippen LogP contribution in [0, 0.1) is 13.8 Å². The molecule has 0 bridgehead atoms. The predicted octanol–water partition coefficient (Wildman–Crippen LogP) is 5.33. The summed E-state index contributed by atoms with van der Waals surface area (Å²) in [6.07, 6.45) is 5.05. The van der Waals surface area contributed by atoms with Crippen molar-refractivity contribution < 1.29 is 10.2 Å². The van der Waals surface area contributed by atoms with Crippen LogP contribution in [0.5, 0.6) is 11.5 Å². The number of aromatic nitrogens is 2. The Balaban J connectivity index is 1.24. The molecule has 0 amide bonds. The maximum absolute atomic E-state index is 10.0. The summed E-state index contributed by atoms with van der Waals surface area (Å²) >= 11 is 3.20. The van der Waals surface area contributed by atoms with Gasteiger partial charge in [-0.05, 0) is 37.1 Å². The van der Waals surface area contributed by atoms with Gasteiger partial charge in [-0.2, -0.15) is 0 Å². The van der Waals surface area contributed by atoms with Gasteiger partial charge in [-0.25, -0.2) is 9.97 Å². The van der Waals surface area contributed by atoms with E-state index < -0.39 is 0 Å². The molecule has 2 aromatic carbocycles. The molecule has 0 radical (unpaired) electrons. The molecule has 4 N–H and O–H groups in total. The third-order valence-corrected chi connectivity index (χ3v) is 6.89. The third-order valence-electron chi connectivity index (χ3n) is 4.98. The Bertz CT molecular complexity index is 1110. The van der Waals surface area contributed by atoms with Crippen molar-refractivity contribution in [2.75, 3.05) is 23.7 Å². The summed E-state index contributed by atoms with van der Waals surface area (Å²) in [4.78, 5) is 11.1. The lowest BCUT2D eigenvalue weighted by Crippen LogP contribution is -2.13. The molecule has 2 heterocycles. The van der Waals surface area contributed by atoms with Crippen LogP contribution in [0.1, 0.15) is 32.0 Å². The summed E-state index contributed by atoms with van der Waals surface area (Å²) in [5.41, 5.74) is 4.10. The summed E-state index contributed by atoms with van der Waals surface area (Å²) in [6.45, 7) is 5.48. The van der Waals surface area contributed by atoms with E-state index in [4.69, 9.17) is 0 Å². The van der Waals surface area contributed by atoms with E-state index in [1.54, 1.807) is 34.8 Å². The number of benzene rings is 2. The quantitative estimate of drug-likeness (QED) is 0.249. The smallest absolute Gasteiger partial charge is 0.182 e. The molecule has 2 aromatic heterocycles. The van der Waals surface area contributed by atoms with Gasteiger partial charge < -0.3 is 20.8 Å². The number of phenols is 2. The zero-order valence-corrected chi connectivity index (χ0v) is 19.7. The molecular weight excluding hydrogens is 440 g/mol. The van der Waals surface area contributed by atoms with Crippen molar-refractivity contribution in [1.82, 2.24) is 9.97 Å². The van der Waals surface area contributed by atoms with E-state index in [2.05, 4.69) is 20.6 Å². The van der Waals surface area contributed by atoms with Crippen molar-refractivity contribution in [2.24, 2.45) is 0 Å². The molecule has 0 aliphatic heterocycles. The molecule has 166 valence electrons. The lowest BCUT2D eigenvalue weighted by atomic mass is 10.1. The molecule has 0 atom stereocenters. The molecule has 0 aliphatic rings. The van der Waals surface area contributed by atoms with Gasteiger partial charge in [0.1, 0.15) is 11.5 Å². The lowest BCUT2D eigenvalue weighted by molar-refractivity contribution is 0.469. The van der Waals surface area contributed by atoms with Gasteiger partial charge in [0.15, 0.2) is 10.3 Å². The van der Waals surface area contributed by atoms with Gasteiger partial charge in [0.25, 0.3) is 0 Å². The molecule has 0 aliphatic carbocycles. The highest BCUT2D eigenvalue weighted by atomic mass is 32.1. The fourth-order valence-corrected chi connectivity index (χ4v) is 5.09. The number of nitrogens with one attached hydrogen (secondary N) is 2. The number of aromatic hydroxyl groups is 2. The van der Waals surface area contributed by atoms with Gasteiger partial charge in [0, 0.05) is 48.1 Å². The summed E-state index contributed by atoms with van der Waals surface area (Å²) in [5.74, 6) is 0.645. The van der Waals surface area contributed by atoms with Crippen molar-refractivity contribution in [2.45, 2.75) is 26.7 Å². The van der Waals surface area contributed by atoms with E-state index in [1.165, 1.54) is 0 Å². The zero-order valence-electron chi connectivity index (χ0n) is 18.1. The Labute approximate surface area is 195 Å². The van der Waals surface area contributed by atoms with Gasteiger partial charge in [0.2, 0.25) is 0 Å². The molecule has 0 unspecified atom stereocenters. The molecule has 8 heteroatoms. The molecule has 4 rings (SSSR count). The van der Waals surface area contributed by atoms with Crippen LogP contribution in [0.15, 0.2) is 48.8 Å². The number of rotatable bonds is 9. The van der Waals surface area contributed by atoms with Gasteiger partial charge in [-0.1, -0.05) is 35.4 Å². The van der Waals surface area contributed by atoms with Crippen LogP contribution in [0.4, 0.5) is 10.3 Å². The number of anilines is 2. The number of thiazole rings is 2. The first-order valence-corrected chi connectivity index (χ1v) is 12.0. The van der Waals surface area contributed by atoms with Crippen LogP contribution >= 0.6 is 22.7 Å². The molecule has 0 fully saturated rings. The standard InChI is InChI=1S/C24H26N4O2S2/c1-15-3-5-21(29)17(9-15)11-19-13-27-23(31-19)25-7-8-26-24-28-14-20(32-24)12-18-10-16(2)4-6-22(18)30/h3-6,9-10,13-14,29-30H,7-8,11-12H2,1-2H3,(H,25,27)(H,26,28). The lowest BCUT2D eigenvalue weighted by Gasteiger charge is -2.05. The highest BCUT2D eigenvalue weighted by molar-refractivity contribution is 7.15. The van der Waals surface area contributed by atoms with Gasteiger partial charge in [0.05, 0.1) is 0 Å². The monoisotopic (exact) mass is 466 g/mol. The van der Waals surface area contributed by atoms with E-state index in [0.29, 0.717) is 24.3 Å². The molecule has 0 spiro atoms. The molecule has 0 saturated carbocycles. The summed E-state index contributed by atoms with van der Waals surface area (Å²) in [5, 5.41) is 28.5. The van der Waals surface area contributed by atoms with E-state index in [9.17, 15) is 10.2 Å². The normalized spacial score (nSPS) is 10.9. The first-order chi connectivity index (χ1) is 15.5. The number of hydrogen-bond donors (Lipinski definition) is 4. The van der Waals surface area contributed by atoms with Crippen molar-refractivity contribution in [1.29, 1.82) is 0 Å². The number of nitrogens with zero attached hydrogens (tertiary/aromatic N) is 2. The second kappa shape index (κ2) is 10.0. The Kier molecular flexibility index (Phi) is 6.92. The Morgan fingerprint density at radius 3 is 1.59 bits per heavy atom. The van der Waals surface area contributed by atoms with Crippen molar-refractivity contribution >= 4 is 32.9 Å². The van der Waals surface area contributed by atoms with E-state index in [1.807, 2.05) is 50.5 Å². The van der Waals surface area contributed by atoms with Gasteiger partial charge in [-0.3, -0.25) is 0 Å². The highest BCUT2D eigenvalue weighted by Crippen LogP contribution is 2.27. The summed E-state index contributed by atoms with van der Waals surface area (Å²) in [6, 6.07) is 11.3.